The molecule has 1 fully saturated rings. The summed E-state index contributed by atoms with van der Waals surface area (Å²) in [6.45, 7) is 6.69. The van der Waals surface area contributed by atoms with E-state index < -0.39 is 40.9 Å². The van der Waals surface area contributed by atoms with E-state index in [1.807, 2.05) is 13.8 Å². The summed E-state index contributed by atoms with van der Waals surface area (Å²) in [6.07, 6.45) is -4.65. The maximum atomic E-state index is 14.1. The second-order valence-electron chi connectivity index (χ2n) is 9.54. The lowest BCUT2D eigenvalue weighted by Gasteiger charge is -2.28. The number of piperidine rings is 1. The molecular weight excluding hydrogens is 534 g/mol. The first-order valence-corrected chi connectivity index (χ1v) is 13.3. The van der Waals surface area contributed by atoms with Crippen LogP contribution in [0.5, 0.6) is 0 Å². The van der Waals surface area contributed by atoms with E-state index >= 15 is 0 Å². The predicted octanol–water partition coefficient (Wildman–Crippen LogP) is 4.77. The number of pyridine rings is 1. The minimum Gasteiger partial charge on any atom is -0.389 e. The number of amides is 2. The Balaban J connectivity index is 2.08. The van der Waals surface area contributed by atoms with Crippen LogP contribution in [0.4, 0.5) is 23.4 Å². The third-order valence-electron chi connectivity index (χ3n) is 5.27. The first-order chi connectivity index (χ1) is 17.2. The van der Waals surface area contributed by atoms with Crippen molar-refractivity contribution < 1.29 is 32.3 Å². The second kappa shape index (κ2) is 11.5. The number of likely N-dealkylation sites (tertiary alicyclic amines) is 1. The Kier molecular flexibility index (Phi) is 9.06. The van der Waals surface area contributed by atoms with E-state index in [0.29, 0.717) is 11.3 Å². The number of rotatable bonds is 8. The Hall–Kier alpha value is -2.45. The van der Waals surface area contributed by atoms with Gasteiger partial charge in [0, 0.05) is 36.6 Å². The summed E-state index contributed by atoms with van der Waals surface area (Å²) < 4.78 is 58.8. The summed E-state index contributed by atoms with van der Waals surface area (Å²) in [6, 6.07) is 0.849. The Morgan fingerprint density at radius 3 is 2.49 bits per heavy atom. The topological polar surface area (TPSA) is 107 Å². The van der Waals surface area contributed by atoms with Crippen LogP contribution in [-0.4, -0.2) is 68.4 Å². The first-order valence-electron chi connectivity index (χ1n) is 11.6. The third-order valence-corrected chi connectivity index (χ3v) is 7.16. The number of hydrogen-bond donors (Lipinski definition) is 3. The summed E-state index contributed by atoms with van der Waals surface area (Å²) in [5, 5.41) is 12.2. The number of hydrogen-bond acceptors (Lipinski definition) is 8. The van der Waals surface area contributed by atoms with Gasteiger partial charge in [-0.1, -0.05) is 13.8 Å². The van der Waals surface area contributed by atoms with Gasteiger partial charge >= 0.3 is 6.18 Å². The largest absolute Gasteiger partial charge is 0.417 e. The molecule has 1 aliphatic heterocycles. The van der Waals surface area contributed by atoms with Gasteiger partial charge < -0.3 is 20.0 Å². The highest BCUT2D eigenvalue weighted by atomic mass is 32.2. The van der Waals surface area contributed by atoms with Crippen LogP contribution in [0.3, 0.4) is 0 Å². The zero-order chi connectivity index (χ0) is 27.5. The van der Waals surface area contributed by atoms with Crippen molar-refractivity contribution in [1.29, 1.82) is 0 Å². The van der Waals surface area contributed by atoms with Crippen LogP contribution in [0.1, 0.15) is 66.4 Å². The van der Waals surface area contributed by atoms with Crippen molar-refractivity contribution in [2.75, 3.05) is 24.4 Å². The molecule has 2 amide bonds. The molecular formula is C23H29F4N5O3S2. The molecule has 0 radical (unpaired) electrons. The molecule has 3 heterocycles. The monoisotopic (exact) mass is 563 g/mol. The van der Waals surface area contributed by atoms with Crippen molar-refractivity contribution in [3.05, 3.63) is 28.5 Å². The van der Waals surface area contributed by atoms with E-state index in [0.717, 1.165) is 12.3 Å². The zero-order valence-corrected chi connectivity index (χ0v) is 22.4. The smallest absolute Gasteiger partial charge is 0.389 e. The van der Waals surface area contributed by atoms with Crippen LogP contribution in [0, 0.1) is 0 Å². The fraction of sp³-hybridized carbons (Fsp3) is 0.565. The fourth-order valence-corrected chi connectivity index (χ4v) is 4.89. The summed E-state index contributed by atoms with van der Waals surface area (Å²) in [4.78, 5) is 35.4. The van der Waals surface area contributed by atoms with Gasteiger partial charge in [-0.2, -0.15) is 13.2 Å². The molecule has 0 aliphatic carbocycles. The number of nitrogens with zero attached hydrogens (tertiary/aromatic N) is 3. The molecule has 0 aromatic carbocycles. The average molecular weight is 564 g/mol. The van der Waals surface area contributed by atoms with Gasteiger partial charge in [0.15, 0.2) is 5.01 Å². The van der Waals surface area contributed by atoms with Crippen molar-refractivity contribution in [3.63, 3.8) is 0 Å². The Morgan fingerprint density at radius 2 is 1.92 bits per heavy atom. The molecule has 0 saturated carbocycles. The number of carbonyl (C=O) groups is 2. The quantitative estimate of drug-likeness (QED) is 0.314. The van der Waals surface area contributed by atoms with Crippen molar-refractivity contribution in [2.24, 2.45) is 0 Å². The lowest BCUT2D eigenvalue weighted by atomic mass is 10.1. The van der Waals surface area contributed by atoms with E-state index in [2.05, 4.69) is 20.0 Å². The maximum absolute atomic E-state index is 14.1. The zero-order valence-electron chi connectivity index (χ0n) is 20.8. The van der Waals surface area contributed by atoms with Gasteiger partial charge in [-0.25, -0.2) is 14.4 Å². The highest BCUT2D eigenvalue weighted by Crippen LogP contribution is 2.42. The van der Waals surface area contributed by atoms with Gasteiger partial charge in [-0.15, -0.1) is 11.3 Å². The average Bonchev–Trinajstić information content (AvgIpc) is 3.25. The summed E-state index contributed by atoms with van der Waals surface area (Å²) in [5.41, 5.74) is -3.01. The van der Waals surface area contributed by atoms with Crippen LogP contribution in [0.25, 0.3) is 10.4 Å². The van der Waals surface area contributed by atoms with E-state index in [1.165, 1.54) is 30.7 Å². The van der Waals surface area contributed by atoms with Crippen LogP contribution in [-0.2, 0) is 6.18 Å². The SMILES string of the molecule is CC(C)SNc1cc(C(F)(F)F)c(-c2sc(C(=O)NCC(C)(C)O)nc2C(=O)N2CCC(F)CC2)cn1. The molecule has 0 unspecified atom stereocenters. The molecule has 2 aromatic heterocycles. The molecule has 2 aromatic rings. The highest BCUT2D eigenvalue weighted by molar-refractivity contribution is 8.01. The Morgan fingerprint density at radius 1 is 1.27 bits per heavy atom. The van der Waals surface area contributed by atoms with E-state index in [4.69, 9.17) is 0 Å². The van der Waals surface area contributed by atoms with Crippen molar-refractivity contribution in [3.8, 4) is 10.4 Å². The molecule has 3 rings (SSSR count). The maximum Gasteiger partial charge on any atom is 0.417 e. The van der Waals surface area contributed by atoms with Crippen molar-refractivity contribution in [2.45, 2.75) is 63.7 Å². The van der Waals surface area contributed by atoms with Crippen molar-refractivity contribution >= 4 is 40.9 Å². The molecule has 0 spiro atoms. The summed E-state index contributed by atoms with van der Waals surface area (Å²) >= 11 is 1.82. The minimum atomic E-state index is -4.79. The van der Waals surface area contributed by atoms with Crippen LogP contribution in [0.2, 0.25) is 0 Å². The number of aromatic nitrogens is 2. The van der Waals surface area contributed by atoms with Gasteiger partial charge in [0.25, 0.3) is 11.8 Å². The minimum absolute atomic E-state index is 0.0136. The standard InChI is InChI=1S/C23H29F4N5O3S2/c1-12(2)37-31-16-9-15(23(25,26)27)14(10-28-16)18-17(21(34)32-7-5-13(24)6-8-32)30-20(36-18)19(33)29-11-22(3,4)35/h9-10,12-13,35H,5-8,11H2,1-4H3,(H,28,31)(H,29,33). The van der Waals surface area contributed by atoms with Crippen LogP contribution >= 0.6 is 23.3 Å². The number of anilines is 1. The predicted molar refractivity (Wildman–Crippen MR) is 135 cm³/mol. The number of thiazole rings is 1. The van der Waals surface area contributed by atoms with E-state index in [-0.39, 0.29) is 59.1 Å². The second-order valence-corrected chi connectivity index (χ2v) is 11.9. The Bertz CT molecular complexity index is 1130. The van der Waals surface area contributed by atoms with Gasteiger partial charge in [-0.05, 0) is 44.7 Å². The summed E-state index contributed by atoms with van der Waals surface area (Å²) in [5.74, 6) is -1.45. The van der Waals surface area contributed by atoms with E-state index in [1.54, 1.807) is 0 Å². The molecule has 1 aliphatic rings. The normalized spacial score (nSPS) is 15.2. The third kappa shape index (κ3) is 7.77. The fourth-order valence-electron chi connectivity index (χ4n) is 3.42. The lowest BCUT2D eigenvalue weighted by Crippen LogP contribution is -2.39. The van der Waals surface area contributed by atoms with Gasteiger partial charge in [0.2, 0.25) is 0 Å². The highest BCUT2D eigenvalue weighted by Gasteiger charge is 2.38. The molecule has 8 nitrogen and oxygen atoms in total. The molecule has 0 bridgehead atoms. The van der Waals surface area contributed by atoms with Gasteiger partial charge in [-0.3, -0.25) is 9.59 Å². The molecule has 37 heavy (non-hydrogen) atoms. The van der Waals surface area contributed by atoms with Crippen molar-refractivity contribution in [1.82, 2.24) is 20.2 Å². The van der Waals surface area contributed by atoms with Gasteiger partial charge in [0.05, 0.1) is 16.0 Å². The van der Waals surface area contributed by atoms with Gasteiger partial charge in [0.1, 0.15) is 17.7 Å². The van der Waals surface area contributed by atoms with E-state index in [9.17, 15) is 32.3 Å². The number of aliphatic hydroxyl groups is 1. The number of halogens is 4. The molecule has 14 heteroatoms. The number of carbonyl (C=O) groups excluding carboxylic acids is 2. The molecule has 204 valence electrons. The van der Waals surface area contributed by atoms with Crippen LogP contribution in [0.15, 0.2) is 12.3 Å². The number of nitrogens with one attached hydrogen (secondary N) is 2. The lowest BCUT2D eigenvalue weighted by molar-refractivity contribution is -0.137. The molecule has 3 N–H and O–H groups in total. The Labute approximate surface area is 220 Å². The first kappa shape index (κ1) is 29.1. The molecule has 1 saturated heterocycles. The summed E-state index contributed by atoms with van der Waals surface area (Å²) in [7, 11) is 0. The number of alkyl halides is 4. The molecule has 0 atom stereocenters. The van der Waals surface area contributed by atoms with Crippen LogP contribution < -0.4 is 10.0 Å².